The van der Waals surface area contributed by atoms with E-state index in [4.69, 9.17) is 14.4 Å². The van der Waals surface area contributed by atoms with Crippen LogP contribution in [0.5, 0.6) is 5.88 Å². The van der Waals surface area contributed by atoms with Crippen molar-refractivity contribution >= 4 is 10.2 Å². The second kappa shape index (κ2) is 6.64. The van der Waals surface area contributed by atoms with Gasteiger partial charge in [0, 0.05) is 37.8 Å². The quantitative estimate of drug-likeness (QED) is 0.763. The zero-order valence-corrected chi connectivity index (χ0v) is 16.1. The maximum atomic E-state index is 14.7. The maximum absolute atomic E-state index is 14.7. The van der Waals surface area contributed by atoms with Gasteiger partial charge in [-0.15, -0.1) is 0 Å². The van der Waals surface area contributed by atoms with E-state index in [0.717, 1.165) is 4.31 Å². The third-order valence-corrected chi connectivity index (χ3v) is 6.52. The molecule has 2 aliphatic rings. The summed E-state index contributed by atoms with van der Waals surface area (Å²) in [6.07, 6.45) is -0.365. The van der Waals surface area contributed by atoms with Gasteiger partial charge in [-0.2, -0.15) is 17.7 Å². The van der Waals surface area contributed by atoms with Crippen molar-refractivity contribution in [3.05, 3.63) is 24.2 Å². The second-order valence-corrected chi connectivity index (χ2v) is 8.70. The number of halogens is 3. The predicted molar refractivity (Wildman–Crippen MR) is 92.8 cm³/mol. The van der Waals surface area contributed by atoms with Crippen LogP contribution in [-0.4, -0.2) is 53.2 Å². The van der Waals surface area contributed by atoms with Crippen LogP contribution in [0.3, 0.4) is 0 Å². The summed E-state index contributed by atoms with van der Waals surface area (Å²) in [5.74, 6) is -4.57. The molecular weight excluding hydrogens is 415 g/mol. The first-order chi connectivity index (χ1) is 13.5. The van der Waals surface area contributed by atoms with Crippen LogP contribution in [0.15, 0.2) is 22.9 Å². The number of piperidine rings is 1. The molecule has 2 fully saturated rings. The highest BCUT2D eigenvalue weighted by Gasteiger charge is 2.82. The Hall–Kier alpha value is -2.25. The van der Waals surface area contributed by atoms with Gasteiger partial charge in [0.1, 0.15) is 0 Å². The standard InChI is InChI=1S/C16H18F3N5O4S/c1-9(17)27-11-8-10(2-5-21-11)14-22-13(23-28-14)12-15(16(12,18)19)3-6-24(7-4-15)29(20,25)26/h2,5,8-9,12H,3-4,6-7H2,1H3,(H2,20,25,26)/t9?,12-/m0/s1. The third kappa shape index (κ3) is 3.36. The van der Waals surface area contributed by atoms with Crippen molar-refractivity contribution in [1.29, 1.82) is 0 Å². The number of hydrogen-bond donors (Lipinski definition) is 1. The van der Waals surface area contributed by atoms with E-state index in [-0.39, 0.29) is 43.5 Å². The molecule has 0 aromatic carbocycles. The number of hydrogen-bond acceptors (Lipinski definition) is 7. The van der Waals surface area contributed by atoms with E-state index in [0.29, 0.717) is 5.56 Å². The average molecular weight is 433 g/mol. The lowest BCUT2D eigenvalue weighted by Gasteiger charge is -2.30. The minimum atomic E-state index is -3.92. The number of aromatic nitrogens is 3. The van der Waals surface area contributed by atoms with Crippen LogP contribution in [0.2, 0.25) is 0 Å². The lowest BCUT2D eigenvalue weighted by Crippen LogP contribution is -2.43. The fraction of sp³-hybridized carbons (Fsp3) is 0.562. The van der Waals surface area contributed by atoms with E-state index < -0.39 is 33.8 Å². The molecule has 3 heterocycles. The van der Waals surface area contributed by atoms with Gasteiger partial charge in [0.2, 0.25) is 12.2 Å². The molecule has 2 aromatic rings. The summed E-state index contributed by atoms with van der Waals surface area (Å²) in [5, 5.41) is 8.77. The Morgan fingerprint density at radius 2 is 2.07 bits per heavy atom. The van der Waals surface area contributed by atoms with Crippen LogP contribution in [0, 0.1) is 5.41 Å². The summed E-state index contributed by atoms with van der Waals surface area (Å²) < 4.78 is 76.1. The van der Waals surface area contributed by atoms with E-state index in [2.05, 4.69) is 15.1 Å². The largest absolute Gasteiger partial charge is 0.444 e. The second-order valence-electron chi connectivity index (χ2n) is 7.16. The van der Waals surface area contributed by atoms with Crippen molar-refractivity contribution < 1.29 is 30.8 Å². The fourth-order valence-electron chi connectivity index (χ4n) is 3.92. The monoisotopic (exact) mass is 433 g/mol. The van der Waals surface area contributed by atoms with Gasteiger partial charge in [0.15, 0.2) is 5.82 Å². The zero-order valence-electron chi connectivity index (χ0n) is 15.3. The van der Waals surface area contributed by atoms with Gasteiger partial charge in [-0.1, -0.05) is 5.16 Å². The van der Waals surface area contributed by atoms with Crippen LogP contribution in [-0.2, 0) is 10.2 Å². The lowest BCUT2D eigenvalue weighted by atomic mass is 9.91. The number of nitrogens with zero attached hydrogens (tertiary/aromatic N) is 4. The zero-order chi connectivity index (χ0) is 21.0. The Bertz CT molecular complexity index is 1020. The van der Waals surface area contributed by atoms with E-state index in [1.807, 2.05) is 0 Å². The Morgan fingerprint density at radius 3 is 2.69 bits per heavy atom. The molecule has 158 valence electrons. The lowest BCUT2D eigenvalue weighted by molar-refractivity contribution is 0.0411. The first-order valence-electron chi connectivity index (χ1n) is 8.81. The molecule has 0 radical (unpaired) electrons. The Balaban J connectivity index is 1.55. The molecule has 4 rings (SSSR count). The Labute approximate surface area is 164 Å². The molecule has 29 heavy (non-hydrogen) atoms. The predicted octanol–water partition coefficient (Wildman–Crippen LogP) is 1.84. The molecule has 0 bridgehead atoms. The summed E-state index contributed by atoms with van der Waals surface area (Å²) in [5.41, 5.74) is -1.08. The summed E-state index contributed by atoms with van der Waals surface area (Å²) in [4.78, 5) is 7.93. The summed E-state index contributed by atoms with van der Waals surface area (Å²) in [7, 11) is -3.92. The smallest absolute Gasteiger partial charge is 0.276 e. The number of pyridine rings is 1. The average Bonchev–Trinajstić information content (AvgIpc) is 2.96. The van der Waals surface area contributed by atoms with Gasteiger partial charge in [-0.25, -0.2) is 23.3 Å². The molecule has 13 heteroatoms. The maximum Gasteiger partial charge on any atom is 0.276 e. The highest BCUT2D eigenvalue weighted by molar-refractivity contribution is 7.86. The molecule has 2 aromatic heterocycles. The highest BCUT2D eigenvalue weighted by Crippen LogP contribution is 2.75. The minimum absolute atomic E-state index is 0.0131. The summed E-state index contributed by atoms with van der Waals surface area (Å²) in [6.45, 7) is 0.999. The molecule has 1 saturated heterocycles. The Kier molecular flexibility index (Phi) is 4.59. The van der Waals surface area contributed by atoms with Gasteiger partial charge >= 0.3 is 0 Å². The highest BCUT2D eigenvalue weighted by atomic mass is 32.2. The van der Waals surface area contributed by atoms with Gasteiger partial charge in [0.05, 0.1) is 11.3 Å². The summed E-state index contributed by atoms with van der Waals surface area (Å²) in [6, 6.07) is 2.86. The van der Waals surface area contributed by atoms with Crippen molar-refractivity contribution in [2.75, 3.05) is 13.1 Å². The number of ether oxygens (including phenoxy) is 1. The molecule has 2 N–H and O–H groups in total. The van der Waals surface area contributed by atoms with Gasteiger partial charge in [-0.05, 0) is 18.9 Å². The molecular formula is C16H18F3N5O4S. The van der Waals surface area contributed by atoms with Crippen LogP contribution >= 0.6 is 0 Å². The van der Waals surface area contributed by atoms with E-state index >= 15 is 0 Å². The number of nitrogens with two attached hydrogens (primary N) is 1. The van der Waals surface area contributed by atoms with Crippen LogP contribution in [0.25, 0.3) is 11.5 Å². The molecule has 1 saturated carbocycles. The van der Waals surface area contributed by atoms with Crippen LogP contribution in [0.1, 0.15) is 31.5 Å². The van der Waals surface area contributed by atoms with Gasteiger partial charge in [0.25, 0.3) is 22.0 Å². The van der Waals surface area contributed by atoms with E-state index in [1.165, 1.54) is 25.3 Å². The molecule has 0 amide bonds. The molecule has 2 atom stereocenters. The first-order valence-corrected chi connectivity index (χ1v) is 10.3. The van der Waals surface area contributed by atoms with Crippen molar-refractivity contribution in [3.8, 4) is 17.3 Å². The topological polar surface area (TPSA) is 124 Å². The van der Waals surface area contributed by atoms with Crippen molar-refractivity contribution in [2.24, 2.45) is 10.6 Å². The minimum Gasteiger partial charge on any atom is -0.444 e. The first kappa shape index (κ1) is 20.0. The van der Waals surface area contributed by atoms with E-state index in [1.54, 1.807) is 0 Å². The Morgan fingerprint density at radius 1 is 1.38 bits per heavy atom. The molecule has 1 aliphatic heterocycles. The van der Waals surface area contributed by atoms with Gasteiger partial charge < -0.3 is 9.26 Å². The molecule has 1 aliphatic carbocycles. The van der Waals surface area contributed by atoms with Crippen LogP contribution < -0.4 is 9.88 Å². The molecule has 1 spiro atoms. The van der Waals surface area contributed by atoms with Crippen molar-refractivity contribution in [1.82, 2.24) is 19.4 Å². The molecule has 1 unspecified atom stereocenters. The number of rotatable bonds is 5. The van der Waals surface area contributed by atoms with Crippen molar-refractivity contribution in [3.63, 3.8) is 0 Å². The third-order valence-electron chi connectivity index (χ3n) is 5.44. The van der Waals surface area contributed by atoms with Crippen LogP contribution in [0.4, 0.5) is 13.2 Å². The molecule has 9 nitrogen and oxygen atoms in total. The van der Waals surface area contributed by atoms with E-state index in [9.17, 15) is 21.6 Å². The number of alkyl halides is 3. The SMILES string of the molecule is CC(F)Oc1cc(-c2nc([C@@H]3C(F)(F)C34CCN(S(N)(=O)=O)CC4)no2)ccn1. The summed E-state index contributed by atoms with van der Waals surface area (Å²) >= 11 is 0. The normalized spacial score (nSPS) is 24.4. The fourth-order valence-corrected chi connectivity index (χ4v) is 4.61. The van der Waals surface area contributed by atoms with Gasteiger partial charge in [-0.3, -0.25) is 0 Å². The van der Waals surface area contributed by atoms with Crippen molar-refractivity contribution in [2.45, 2.75) is 38.0 Å².